The first-order valence-corrected chi connectivity index (χ1v) is 6.42. The third-order valence-electron chi connectivity index (χ3n) is 2.80. The van der Waals surface area contributed by atoms with E-state index in [1.54, 1.807) is 31.2 Å². The number of ether oxygens (including phenoxy) is 1. The van der Waals surface area contributed by atoms with Gasteiger partial charge in [-0.1, -0.05) is 18.2 Å². The summed E-state index contributed by atoms with van der Waals surface area (Å²) in [5, 5.41) is 18.0. The largest absolute Gasteiger partial charge is 0.493 e. The number of hydrogen-bond acceptors (Lipinski definition) is 5. The normalized spacial score (nSPS) is 11.1. The van der Waals surface area contributed by atoms with Gasteiger partial charge in [-0.25, -0.2) is 0 Å². The SMILES string of the molecule is CCOC(=O)Cn1c(O)c(N=NC(C)=O)c2ccccc21. The molecule has 1 aromatic carbocycles. The first-order valence-electron chi connectivity index (χ1n) is 6.42. The second kappa shape index (κ2) is 6.17. The number of nitrogens with zero attached hydrogens (tertiary/aromatic N) is 3. The average molecular weight is 289 g/mol. The van der Waals surface area contributed by atoms with Crippen LogP contribution in [-0.4, -0.2) is 28.2 Å². The molecule has 0 spiro atoms. The minimum atomic E-state index is -0.475. The van der Waals surface area contributed by atoms with Gasteiger partial charge in [0, 0.05) is 12.3 Å². The van der Waals surface area contributed by atoms with Crippen LogP contribution in [0.2, 0.25) is 0 Å². The zero-order chi connectivity index (χ0) is 15.4. The van der Waals surface area contributed by atoms with Gasteiger partial charge in [0.25, 0.3) is 5.91 Å². The molecule has 110 valence electrons. The Labute approximate surface area is 120 Å². The van der Waals surface area contributed by atoms with Crippen LogP contribution in [0.15, 0.2) is 34.5 Å². The van der Waals surface area contributed by atoms with Crippen LogP contribution in [0.4, 0.5) is 5.69 Å². The maximum Gasteiger partial charge on any atom is 0.326 e. The lowest BCUT2D eigenvalue weighted by atomic mass is 10.2. The number of aromatic nitrogens is 1. The Hall–Kier alpha value is -2.70. The number of amides is 1. The zero-order valence-electron chi connectivity index (χ0n) is 11.7. The molecule has 1 amide bonds. The lowest BCUT2D eigenvalue weighted by Gasteiger charge is -2.06. The van der Waals surface area contributed by atoms with Crippen molar-refractivity contribution < 1.29 is 19.4 Å². The van der Waals surface area contributed by atoms with Gasteiger partial charge in [0.15, 0.2) is 5.69 Å². The van der Waals surface area contributed by atoms with E-state index in [9.17, 15) is 14.7 Å². The van der Waals surface area contributed by atoms with Gasteiger partial charge >= 0.3 is 5.97 Å². The predicted molar refractivity (Wildman–Crippen MR) is 75.4 cm³/mol. The predicted octanol–water partition coefficient (Wildman–Crippen LogP) is 2.54. The monoisotopic (exact) mass is 289 g/mol. The number of hydrogen-bond donors (Lipinski definition) is 1. The van der Waals surface area contributed by atoms with Gasteiger partial charge in [-0.15, -0.1) is 10.2 Å². The zero-order valence-corrected chi connectivity index (χ0v) is 11.7. The fraction of sp³-hybridized carbons (Fsp3) is 0.286. The highest BCUT2D eigenvalue weighted by Gasteiger charge is 2.18. The molecule has 0 saturated carbocycles. The Bertz CT molecular complexity index is 718. The van der Waals surface area contributed by atoms with Gasteiger partial charge in [0.05, 0.1) is 12.1 Å². The first kappa shape index (κ1) is 14.7. The van der Waals surface area contributed by atoms with Gasteiger partial charge in [0.1, 0.15) is 6.54 Å². The van der Waals surface area contributed by atoms with Crippen LogP contribution >= 0.6 is 0 Å². The lowest BCUT2D eigenvalue weighted by Crippen LogP contribution is -2.12. The average Bonchev–Trinajstić information content (AvgIpc) is 2.70. The van der Waals surface area contributed by atoms with Crippen molar-refractivity contribution in [2.75, 3.05) is 6.61 Å². The molecule has 0 radical (unpaired) electrons. The summed E-state index contributed by atoms with van der Waals surface area (Å²) in [7, 11) is 0. The van der Waals surface area contributed by atoms with Crippen molar-refractivity contribution in [3.05, 3.63) is 24.3 Å². The summed E-state index contributed by atoms with van der Waals surface area (Å²) >= 11 is 0. The number of carbonyl (C=O) groups is 2. The van der Waals surface area contributed by atoms with Gasteiger partial charge in [0.2, 0.25) is 5.88 Å². The number of benzene rings is 1. The minimum Gasteiger partial charge on any atom is -0.493 e. The van der Waals surface area contributed by atoms with Crippen LogP contribution in [-0.2, 0) is 20.9 Å². The van der Waals surface area contributed by atoms with Gasteiger partial charge in [-0.3, -0.25) is 14.2 Å². The Morgan fingerprint density at radius 2 is 2.05 bits per heavy atom. The third-order valence-corrected chi connectivity index (χ3v) is 2.80. The van der Waals surface area contributed by atoms with E-state index in [0.29, 0.717) is 10.9 Å². The van der Waals surface area contributed by atoms with Crippen LogP contribution in [0, 0.1) is 0 Å². The third kappa shape index (κ3) is 3.07. The molecule has 1 heterocycles. The summed E-state index contributed by atoms with van der Waals surface area (Å²) in [6.07, 6.45) is 0. The molecule has 2 rings (SSSR count). The highest BCUT2D eigenvalue weighted by Crippen LogP contribution is 2.38. The molecule has 0 unspecified atom stereocenters. The molecule has 21 heavy (non-hydrogen) atoms. The highest BCUT2D eigenvalue weighted by molar-refractivity contribution is 5.96. The number of rotatable bonds is 4. The molecule has 0 aliphatic rings. The van der Waals surface area contributed by atoms with Crippen molar-refractivity contribution in [1.82, 2.24) is 4.57 Å². The van der Waals surface area contributed by atoms with Crippen LogP contribution in [0.1, 0.15) is 13.8 Å². The summed E-state index contributed by atoms with van der Waals surface area (Å²) < 4.78 is 6.25. The van der Waals surface area contributed by atoms with Crippen molar-refractivity contribution >= 4 is 28.5 Å². The molecular weight excluding hydrogens is 274 g/mol. The van der Waals surface area contributed by atoms with E-state index < -0.39 is 11.9 Å². The molecule has 0 saturated heterocycles. The smallest absolute Gasteiger partial charge is 0.326 e. The van der Waals surface area contributed by atoms with Gasteiger partial charge < -0.3 is 9.84 Å². The van der Waals surface area contributed by atoms with E-state index in [1.165, 1.54) is 11.5 Å². The Balaban J connectivity index is 2.53. The first-order chi connectivity index (χ1) is 10.0. The molecule has 0 atom stereocenters. The lowest BCUT2D eigenvalue weighted by molar-refractivity contribution is -0.143. The quantitative estimate of drug-likeness (QED) is 0.691. The summed E-state index contributed by atoms with van der Waals surface area (Å²) in [5.74, 6) is -1.17. The molecule has 0 aliphatic heterocycles. The van der Waals surface area contributed by atoms with Crippen LogP contribution < -0.4 is 0 Å². The van der Waals surface area contributed by atoms with Crippen LogP contribution in [0.25, 0.3) is 10.9 Å². The minimum absolute atomic E-state index is 0.143. The number of fused-ring (bicyclic) bond motifs is 1. The summed E-state index contributed by atoms with van der Waals surface area (Å²) in [6, 6.07) is 7.00. The fourth-order valence-electron chi connectivity index (χ4n) is 1.99. The van der Waals surface area contributed by atoms with E-state index in [2.05, 4.69) is 10.2 Å². The van der Waals surface area contributed by atoms with Crippen LogP contribution in [0.3, 0.4) is 0 Å². The molecular formula is C14H15N3O4. The van der Waals surface area contributed by atoms with Crippen molar-refractivity contribution in [2.45, 2.75) is 20.4 Å². The molecule has 1 aromatic heterocycles. The fourth-order valence-corrected chi connectivity index (χ4v) is 1.99. The van der Waals surface area contributed by atoms with E-state index >= 15 is 0 Å². The Kier molecular flexibility index (Phi) is 4.32. The summed E-state index contributed by atoms with van der Waals surface area (Å²) in [4.78, 5) is 22.5. The number of aromatic hydroxyl groups is 1. The number of esters is 1. The number of carbonyl (C=O) groups excluding carboxylic acids is 2. The molecule has 0 fully saturated rings. The summed E-state index contributed by atoms with van der Waals surface area (Å²) in [5.41, 5.74) is 0.769. The number of para-hydroxylation sites is 1. The van der Waals surface area contributed by atoms with Crippen molar-refractivity contribution in [3.8, 4) is 5.88 Å². The second-order valence-electron chi connectivity index (χ2n) is 4.30. The molecule has 1 N–H and O–H groups in total. The molecule has 7 nitrogen and oxygen atoms in total. The molecule has 0 bridgehead atoms. The van der Waals surface area contributed by atoms with E-state index in [4.69, 9.17) is 4.74 Å². The Morgan fingerprint density at radius 3 is 2.71 bits per heavy atom. The van der Waals surface area contributed by atoms with Crippen molar-refractivity contribution in [3.63, 3.8) is 0 Å². The topological polar surface area (TPSA) is 93.2 Å². The van der Waals surface area contributed by atoms with Crippen molar-refractivity contribution in [2.24, 2.45) is 10.2 Å². The maximum absolute atomic E-state index is 11.6. The van der Waals surface area contributed by atoms with E-state index in [0.717, 1.165) is 0 Å². The molecule has 2 aromatic rings. The highest BCUT2D eigenvalue weighted by atomic mass is 16.5. The van der Waals surface area contributed by atoms with E-state index in [-0.39, 0.29) is 24.7 Å². The van der Waals surface area contributed by atoms with Gasteiger partial charge in [-0.05, 0) is 13.0 Å². The van der Waals surface area contributed by atoms with Crippen molar-refractivity contribution in [1.29, 1.82) is 0 Å². The molecule has 0 aliphatic carbocycles. The second-order valence-corrected chi connectivity index (χ2v) is 4.30. The van der Waals surface area contributed by atoms with E-state index in [1.807, 2.05) is 0 Å². The Morgan fingerprint density at radius 1 is 1.33 bits per heavy atom. The maximum atomic E-state index is 11.6. The summed E-state index contributed by atoms with van der Waals surface area (Å²) in [6.45, 7) is 3.09. The van der Waals surface area contributed by atoms with Crippen LogP contribution in [0.5, 0.6) is 5.88 Å². The molecule has 7 heteroatoms. The number of azo groups is 1. The van der Waals surface area contributed by atoms with Gasteiger partial charge in [-0.2, -0.15) is 0 Å². The standard InChI is InChI=1S/C14H15N3O4/c1-3-21-12(19)8-17-11-7-5-4-6-10(11)13(14(17)20)16-15-9(2)18/h4-7,20H,3,8H2,1-2H3.